The van der Waals surface area contributed by atoms with Gasteiger partial charge in [-0.1, -0.05) is 42.8 Å². The number of nitrogens with one attached hydrogen (secondary N) is 1. The molecule has 6 nitrogen and oxygen atoms in total. The fourth-order valence-corrected chi connectivity index (χ4v) is 6.62. The number of H-pyrrole nitrogens is 1. The van der Waals surface area contributed by atoms with Gasteiger partial charge in [0.25, 0.3) is 0 Å². The maximum Gasteiger partial charge on any atom is 0.247 e. The van der Waals surface area contributed by atoms with Crippen LogP contribution >= 0.6 is 0 Å². The third-order valence-corrected chi connectivity index (χ3v) is 8.77. The summed E-state index contributed by atoms with van der Waals surface area (Å²) in [7, 11) is 0. The first-order chi connectivity index (χ1) is 20.2. The third kappa shape index (κ3) is 5.36. The van der Waals surface area contributed by atoms with E-state index in [2.05, 4.69) is 52.3 Å². The van der Waals surface area contributed by atoms with Crippen LogP contribution in [0, 0.1) is 0 Å². The summed E-state index contributed by atoms with van der Waals surface area (Å²) in [4.78, 5) is 21.9. The molecule has 1 amide bonds. The number of aromatic nitrogens is 1. The monoisotopic (exact) mass is 547 g/mol. The fourth-order valence-electron chi connectivity index (χ4n) is 6.62. The number of aromatic amines is 1. The van der Waals surface area contributed by atoms with Crippen LogP contribution in [0.15, 0.2) is 72.8 Å². The van der Waals surface area contributed by atoms with Crippen molar-refractivity contribution < 1.29 is 14.3 Å². The molecule has 0 bridgehead atoms. The number of likely N-dealkylation sites (tertiary alicyclic amines) is 1. The number of benzene rings is 3. The summed E-state index contributed by atoms with van der Waals surface area (Å²) < 4.78 is 11.8. The predicted octanol–water partition coefficient (Wildman–Crippen LogP) is 6.16. The van der Waals surface area contributed by atoms with Crippen LogP contribution in [0.3, 0.4) is 0 Å². The van der Waals surface area contributed by atoms with Gasteiger partial charge < -0.3 is 19.4 Å². The summed E-state index contributed by atoms with van der Waals surface area (Å²) in [5.41, 5.74) is 6.86. The molecule has 0 aliphatic carbocycles. The van der Waals surface area contributed by atoms with Gasteiger partial charge in [0.2, 0.25) is 5.91 Å². The molecule has 1 N–H and O–H groups in total. The molecule has 3 aromatic carbocycles. The molecule has 1 saturated heterocycles. The average molecular weight is 548 g/mol. The fraction of sp³-hybridized carbons (Fsp3) is 0.343. The van der Waals surface area contributed by atoms with E-state index < -0.39 is 0 Å². The molecule has 6 heteroatoms. The van der Waals surface area contributed by atoms with E-state index in [-0.39, 0.29) is 11.9 Å². The number of carbonyl (C=O) groups excluding carboxylic acids is 1. The topological polar surface area (TPSA) is 57.8 Å². The first-order valence-electron chi connectivity index (χ1n) is 15.0. The number of fused-ring (bicyclic) bond motifs is 4. The van der Waals surface area contributed by atoms with E-state index in [9.17, 15) is 4.79 Å². The minimum absolute atomic E-state index is 0.0120. The molecule has 1 aromatic heterocycles. The minimum atomic E-state index is -0.176. The SMILES string of the molecule is O=C(C=Cc1ccc(OCCN2CCCCC2)cc1)N1CCc2c([nH]c3ccccc23)[C@H]1c1ccc2c(c1)CCO2. The third-order valence-electron chi connectivity index (χ3n) is 8.77. The number of piperidine rings is 1. The molecule has 0 saturated carbocycles. The van der Waals surface area contributed by atoms with E-state index in [4.69, 9.17) is 9.47 Å². The zero-order valence-electron chi connectivity index (χ0n) is 23.5. The van der Waals surface area contributed by atoms with Crippen LogP contribution < -0.4 is 9.47 Å². The van der Waals surface area contributed by atoms with Gasteiger partial charge in [-0.2, -0.15) is 0 Å². The molecular formula is C35H37N3O3. The Hall–Kier alpha value is -4.03. The Bertz CT molecular complexity index is 1570. The Morgan fingerprint density at radius 1 is 0.976 bits per heavy atom. The van der Waals surface area contributed by atoms with E-state index in [1.165, 1.54) is 48.9 Å². The van der Waals surface area contributed by atoms with Gasteiger partial charge in [0.15, 0.2) is 0 Å². The quantitative estimate of drug-likeness (QED) is 0.282. The lowest BCUT2D eigenvalue weighted by atomic mass is 9.91. The number of amides is 1. The molecule has 3 aliphatic heterocycles. The number of rotatable bonds is 7. The zero-order chi connectivity index (χ0) is 27.6. The second-order valence-electron chi connectivity index (χ2n) is 11.4. The van der Waals surface area contributed by atoms with Crippen molar-refractivity contribution in [3.63, 3.8) is 0 Å². The van der Waals surface area contributed by atoms with Crippen molar-refractivity contribution >= 4 is 22.9 Å². The standard InChI is InChI=1S/C35H37N3O3/c39-33(15-10-25-8-12-28(13-9-25)40-23-21-37-18-4-1-5-19-37)38-20-16-30-29-6-2-3-7-31(29)36-34(30)35(38)27-11-14-32-26(24-27)17-22-41-32/h2-3,6-15,24,35-36H,1,4-5,16-23H2/t35-/m1/s1. The number of para-hydroxylation sites is 1. The molecule has 4 heterocycles. The zero-order valence-corrected chi connectivity index (χ0v) is 23.5. The van der Waals surface area contributed by atoms with E-state index >= 15 is 0 Å². The summed E-state index contributed by atoms with van der Waals surface area (Å²) in [6.07, 6.45) is 9.29. The van der Waals surface area contributed by atoms with Crippen molar-refractivity contribution in [2.45, 2.75) is 38.1 Å². The van der Waals surface area contributed by atoms with Crippen molar-refractivity contribution in [3.8, 4) is 11.5 Å². The van der Waals surface area contributed by atoms with Gasteiger partial charge >= 0.3 is 0 Å². The summed E-state index contributed by atoms with van der Waals surface area (Å²) in [6, 6.07) is 22.7. The predicted molar refractivity (Wildman–Crippen MR) is 162 cm³/mol. The number of carbonyl (C=O) groups is 1. The summed E-state index contributed by atoms with van der Waals surface area (Å²) in [5.74, 6) is 1.84. The number of ether oxygens (including phenoxy) is 2. The van der Waals surface area contributed by atoms with Gasteiger partial charge in [-0.05, 0) is 91.0 Å². The second kappa shape index (κ2) is 11.5. The van der Waals surface area contributed by atoms with Gasteiger partial charge in [0.1, 0.15) is 18.1 Å². The van der Waals surface area contributed by atoms with Crippen LogP contribution in [-0.2, 0) is 17.6 Å². The van der Waals surface area contributed by atoms with Crippen LogP contribution in [0.4, 0.5) is 0 Å². The molecule has 4 aromatic rings. The highest BCUT2D eigenvalue weighted by atomic mass is 16.5. The summed E-state index contributed by atoms with van der Waals surface area (Å²) in [6.45, 7) is 5.43. The Morgan fingerprint density at radius 3 is 2.71 bits per heavy atom. The molecule has 1 fully saturated rings. The number of hydrogen-bond donors (Lipinski definition) is 1. The van der Waals surface area contributed by atoms with Crippen LogP contribution in [-0.4, -0.2) is 60.1 Å². The van der Waals surface area contributed by atoms with Crippen molar-refractivity contribution in [1.82, 2.24) is 14.8 Å². The van der Waals surface area contributed by atoms with Gasteiger partial charge in [-0.3, -0.25) is 9.69 Å². The molecule has 0 radical (unpaired) electrons. The maximum absolute atomic E-state index is 13.7. The molecular weight excluding hydrogens is 510 g/mol. The molecule has 210 valence electrons. The highest BCUT2D eigenvalue weighted by Crippen LogP contribution is 2.40. The van der Waals surface area contributed by atoms with Gasteiger partial charge in [0.05, 0.1) is 12.6 Å². The van der Waals surface area contributed by atoms with E-state index in [1.807, 2.05) is 35.2 Å². The first-order valence-corrected chi connectivity index (χ1v) is 15.0. The van der Waals surface area contributed by atoms with Gasteiger partial charge in [-0.25, -0.2) is 0 Å². The number of nitrogens with zero attached hydrogens (tertiary/aromatic N) is 2. The maximum atomic E-state index is 13.7. The molecule has 0 unspecified atom stereocenters. The van der Waals surface area contributed by atoms with Crippen molar-refractivity contribution in [3.05, 3.63) is 101 Å². The van der Waals surface area contributed by atoms with E-state index in [0.29, 0.717) is 13.2 Å². The molecule has 41 heavy (non-hydrogen) atoms. The summed E-state index contributed by atoms with van der Waals surface area (Å²) >= 11 is 0. The van der Waals surface area contributed by atoms with Crippen LogP contribution in [0.2, 0.25) is 0 Å². The Kier molecular flexibility index (Phi) is 7.24. The largest absolute Gasteiger partial charge is 0.493 e. The minimum Gasteiger partial charge on any atom is -0.493 e. The van der Waals surface area contributed by atoms with Crippen molar-refractivity contribution in [2.75, 3.05) is 39.4 Å². The van der Waals surface area contributed by atoms with Gasteiger partial charge in [-0.15, -0.1) is 0 Å². The van der Waals surface area contributed by atoms with E-state index in [0.717, 1.165) is 59.8 Å². The van der Waals surface area contributed by atoms with E-state index in [1.54, 1.807) is 6.08 Å². The first kappa shape index (κ1) is 25.9. The second-order valence-corrected chi connectivity index (χ2v) is 11.4. The van der Waals surface area contributed by atoms with Crippen molar-refractivity contribution in [1.29, 1.82) is 0 Å². The Balaban J connectivity index is 1.09. The van der Waals surface area contributed by atoms with Crippen LogP contribution in [0.5, 0.6) is 11.5 Å². The normalized spacial score (nSPS) is 18.8. The highest BCUT2D eigenvalue weighted by molar-refractivity contribution is 5.93. The Labute approximate surface area is 241 Å². The number of hydrogen-bond acceptors (Lipinski definition) is 4. The smallest absolute Gasteiger partial charge is 0.247 e. The lowest BCUT2D eigenvalue weighted by molar-refractivity contribution is -0.128. The van der Waals surface area contributed by atoms with Crippen LogP contribution in [0.25, 0.3) is 17.0 Å². The average Bonchev–Trinajstić information content (AvgIpc) is 3.65. The summed E-state index contributed by atoms with van der Waals surface area (Å²) in [5, 5.41) is 1.25. The molecule has 1 atom stereocenters. The lowest BCUT2D eigenvalue weighted by Gasteiger charge is -2.36. The van der Waals surface area contributed by atoms with Crippen molar-refractivity contribution in [2.24, 2.45) is 0 Å². The molecule has 3 aliphatic rings. The molecule has 0 spiro atoms. The van der Waals surface area contributed by atoms with Gasteiger partial charge in [0, 0.05) is 42.2 Å². The molecule has 7 rings (SSSR count). The lowest BCUT2D eigenvalue weighted by Crippen LogP contribution is -2.39. The Morgan fingerprint density at radius 2 is 1.83 bits per heavy atom. The van der Waals surface area contributed by atoms with Crippen LogP contribution in [0.1, 0.15) is 53.3 Å². The highest BCUT2D eigenvalue weighted by Gasteiger charge is 2.34.